The molecule has 3 aromatic rings. The lowest BCUT2D eigenvalue weighted by atomic mass is 9.99. The van der Waals surface area contributed by atoms with E-state index in [-0.39, 0.29) is 11.1 Å². The van der Waals surface area contributed by atoms with Crippen molar-refractivity contribution >= 4 is 28.2 Å². The number of rotatable bonds is 6. The molecule has 0 bridgehead atoms. The summed E-state index contributed by atoms with van der Waals surface area (Å²) < 4.78 is 20.5. The molecule has 0 atom stereocenters. The Morgan fingerprint density at radius 3 is 2.69 bits per heavy atom. The first-order valence-corrected chi connectivity index (χ1v) is 12.6. The Balaban J connectivity index is 1.33. The normalized spacial score (nSPS) is 15.9. The Morgan fingerprint density at radius 1 is 1.17 bits per heavy atom. The molecule has 0 unspecified atom stereocenters. The first-order valence-electron chi connectivity index (χ1n) is 12.6. The summed E-state index contributed by atoms with van der Waals surface area (Å²) in [6, 6.07) is 8.90. The fourth-order valence-electron chi connectivity index (χ4n) is 5.21. The summed E-state index contributed by atoms with van der Waals surface area (Å²) in [6.07, 6.45) is 1.71. The highest BCUT2D eigenvalue weighted by atomic mass is 19.1. The largest absolute Gasteiger partial charge is 0.493 e. The van der Waals surface area contributed by atoms with Crippen molar-refractivity contribution in [1.29, 1.82) is 0 Å². The Labute approximate surface area is 209 Å². The molecule has 3 N–H and O–H groups in total. The molecule has 36 heavy (non-hydrogen) atoms. The van der Waals surface area contributed by atoms with Crippen molar-refractivity contribution in [2.45, 2.75) is 26.3 Å². The van der Waals surface area contributed by atoms with Crippen LogP contribution in [0.25, 0.3) is 10.9 Å². The highest BCUT2D eigenvalue weighted by molar-refractivity contribution is 5.98. The predicted molar refractivity (Wildman–Crippen MR) is 140 cm³/mol. The number of halogens is 1. The van der Waals surface area contributed by atoms with Gasteiger partial charge < -0.3 is 25.3 Å². The summed E-state index contributed by atoms with van der Waals surface area (Å²) in [5, 5.41) is 6.82. The van der Waals surface area contributed by atoms with E-state index in [2.05, 4.69) is 37.6 Å². The minimum atomic E-state index is -0.514. The summed E-state index contributed by atoms with van der Waals surface area (Å²) >= 11 is 0. The van der Waals surface area contributed by atoms with Gasteiger partial charge in [-0.2, -0.15) is 0 Å². The Hall–Kier alpha value is -3.59. The molecule has 0 radical (unpaired) electrons. The number of anilines is 2. The number of hydrogen-bond acceptors (Lipinski definition) is 6. The zero-order chi connectivity index (χ0) is 25.2. The number of hydrogen-bond donors (Lipinski definition) is 3. The standard InChI is InChI=1S/C27H32FN5O3/c1-3-36-23-14-17(13-22-24(23)25-20(27(35)31-22)5-4-8-30-25)16-32-9-11-33(12-10-32)18-6-7-19(21(28)15-18)26(34)29-2/h6-7,13-15,30H,3-5,8-12,16H2,1-2H3,(H,29,34)(H,31,35). The summed E-state index contributed by atoms with van der Waals surface area (Å²) in [6.45, 7) is 7.19. The van der Waals surface area contributed by atoms with Crippen molar-refractivity contribution in [3.05, 3.63) is 63.2 Å². The molecule has 9 heteroatoms. The third-order valence-corrected chi connectivity index (χ3v) is 7.01. The molecule has 1 fully saturated rings. The fourth-order valence-corrected chi connectivity index (χ4v) is 5.21. The Morgan fingerprint density at radius 2 is 1.97 bits per heavy atom. The molecule has 2 aliphatic rings. The van der Waals surface area contributed by atoms with Gasteiger partial charge in [0.15, 0.2) is 0 Å². The molecular formula is C27H32FN5O3. The van der Waals surface area contributed by atoms with Crippen LogP contribution in [0.4, 0.5) is 15.8 Å². The molecule has 2 aliphatic heterocycles. The Bertz CT molecular complexity index is 1350. The lowest BCUT2D eigenvalue weighted by Gasteiger charge is -2.36. The molecule has 8 nitrogen and oxygen atoms in total. The number of amides is 1. The Kier molecular flexibility index (Phi) is 6.82. The van der Waals surface area contributed by atoms with Gasteiger partial charge in [-0.3, -0.25) is 14.5 Å². The second-order valence-electron chi connectivity index (χ2n) is 9.29. The van der Waals surface area contributed by atoms with Gasteiger partial charge in [0.25, 0.3) is 11.5 Å². The predicted octanol–water partition coefficient (Wildman–Crippen LogP) is 3.11. The van der Waals surface area contributed by atoms with Crippen molar-refractivity contribution in [2.24, 2.45) is 0 Å². The second kappa shape index (κ2) is 10.2. The minimum absolute atomic E-state index is 0.0346. The summed E-state index contributed by atoms with van der Waals surface area (Å²) in [7, 11) is 1.49. The molecule has 1 saturated heterocycles. The number of aromatic nitrogens is 1. The highest BCUT2D eigenvalue weighted by Crippen LogP contribution is 2.36. The van der Waals surface area contributed by atoms with Crippen molar-refractivity contribution < 1.29 is 13.9 Å². The van der Waals surface area contributed by atoms with Crippen LogP contribution in [0.5, 0.6) is 5.75 Å². The van der Waals surface area contributed by atoms with Gasteiger partial charge in [-0.25, -0.2) is 4.39 Å². The van der Waals surface area contributed by atoms with Crippen molar-refractivity contribution in [3.63, 3.8) is 0 Å². The van der Waals surface area contributed by atoms with E-state index < -0.39 is 11.7 Å². The topological polar surface area (TPSA) is 89.7 Å². The van der Waals surface area contributed by atoms with E-state index in [4.69, 9.17) is 4.74 Å². The van der Waals surface area contributed by atoms with E-state index in [0.29, 0.717) is 6.61 Å². The molecule has 0 saturated carbocycles. The van der Waals surface area contributed by atoms with Crippen LogP contribution < -0.4 is 25.8 Å². The fraction of sp³-hybridized carbons (Fsp3) is 0.407. The van der Waals surface area contributed by atoms with Crippen LogP contribution in [-0.2, 0) is 13.0 Å². The number of fused-ring (bicyclic) bond motifs is 3. The third-order valence-electron chi connectivity index (χ3n) is 7.01. The summed E-state index contributed by atoms with van der Waals surface area (Å²) in [5.41, 5.74) is 4.37. The number of carbonyl (C=O) groups is 1. The van der Waals surface area contributed by atoms with Gasteiger partial charge in [0.05, 0.1) is 28.8 Å². The molecule has 3 heterocycles. The van der Waals surface area contributed by atoms with Crippen LogP contribution in [0.15, 0.2) is 35.1 Å². The van der Waals surface area contributed by atoms with Crippen molar-refractivity contribution in [1.82, 2.24) is 15.2 Å². The van der Waals surface area contributed by atoms with Gasteiger partial charge in [-0.15, -0.1) is 0 Å². The van der Waals surface area contributed by atoms with Crippen LogP contribution >= 0.6 is 0 Å². The molecule has 1 amide bonds. The zero-order valence-electron chi connectivity index (χ0n) is 20.7. The maximum absolute atomic E-state index is 14.4. The SMILES string of the molecule is CCOc1cc(CN2CCN(c3ccc(C(=O)NC)c(F)c3)CC2)cc2[nH]c(=O)c3c(c12)NCCC3. The van der Waals surface area contributed by atoms with Gasteiger partial charge >= 0.3 is 0 Å². The average molecular weight is 494 g/mol. The smallest absolute Gasteiger partial charge is 0.253 e. The average Bonchev–Trinajstić information content (AvgIpc) is 2.89. The lowest BCUT2D eigenvalue weighted by molar-refractivity contribution is 0.0959. The van der Waals surface area contributed by atoms with Gasteiger partial charge in [0.1, 0.15) is 11.6 Å². The molecule has 190 valence electrons. The van der Waals surface area contributed by atoms with Gasteiger partial charge in [0.2, 0.25) is 0 Å². The maximum atomic E-state index is 14.4. The number of piperazine rings is 1. The van der Waals surface area contributed by atoms with E-state index >= 15 is 0 Å². The molecule has 0 spiro atoms. The van der Waals surface area contributed by atoms with E-state index in [1.165, 1.54) is 19.2 Å². The van der Waals surface area contributed by atoms with Gasteiger partial charge in [0, 0.05) is 57.6 Å². The second-order valence-corrected chi connectivity index (χ2v) is 9.29. The number of aromatic amines is 1. The monoisotopic (exact) mass is 493 g/mol. The van der Waals surface area contributed by atoms with Crippen LogP contribution in [-0.4, -0.2) is 62.2 Å². The van der Waals surface area contributed by atoms with Crippen LogP contribution in [0.2, 0.25) is 0 Å². The number of carbonyl (C=O) groups excluding carboxylic acids is 1. The van der Waals surface area contributed by atoms with Crippen molar-refractivity contribution in [2.75, 3.05) is 56.6 Å². The van der Waals surface area contributed by atoms with Crippen LogP contribution in [0.3, 0.4) is 0 Å². The first kappa shape index (κ1) is 24.1. The van der Waals surface area contributed by atoms with Gasteiger partial charge in [-0.1, -0.05) is 0 Å². The lowest BCUT2D eigenvalue weighted by Crippen LogP contribution is -2.46. The quantitative estimate of drug-likeness (QED) is 0.489. The molecule has 0 aliphatic carbocycles. The van der Waals surface area contributed by atoms with E-state index in [0.717, 1.165) is 91.3 Å². The number of H-pyrrole nitrogens is 1. The minimum Gasteiger partial charge on any atom is -0.493 e. The van der Waals surface area contributed by atoms with E-state index in [1.54, 1.807) is 6.07 Å². The highest BCUT2D eigenvalue weighted by Gasteiger charge is 2.22. The van der Waals surface area contributed by atoms with Crippen LogP contribution in [0, 0.1) is 5.82 Å². The number of nitrogens with zero attached hydrogens (tertiary/aromatic N) is 2. The number of nitrogens with one attached hydrogen (secondary N) is 3. The summed E-state index contributed by atoms with van der Waals surface area (Å²) in [5.74, 6) is -0.153. The van der Waals surface area contributed by atoms with Gasteiger partial charge in [-0.05, 0) is 55.7 Å². The van der Waals surface area contributed by atoms with Crippen LogP contribution in [0.1, 0.15) is 34.8 Å². The first-order chi connectivity index (χ1) is 17.5. The molecule has 1 aromatic heterocycles. The van der Waals surface area contributed by atoms with E-state index in [9.17, 15) is 14.0 Å². The third kappa shape index (κ3) is 4.63. The molecular weight excluding hydrogens is 461 g/mol. The zero-order valence-corrected chi connectivity index (χ0v) is 20.7. The number of benzene rings is 2. The van der Waals surface area contributed by atoms with E-state index in [1.807, 2.05) is 6.92 Å². The molecule has 5 rings (SSSR count). The van der Waals surface area contributed by atoms with Crippen molar-refractivity contribution in [3.8, 4) is 5.75 Å². The summed E-state index contributed by atoms with van der Waals surface area (Å²) in [4.78, 5) is 32.0. The molecule has 2 aromatic carbocycles. The number of ether oxygens (including phenoxy) is 1. The maximum Gasteiger partial charge on any atom is 0.253 e. The number of pyridine rings is 1.